The van der Waals surface area contributed by atoms with E-state index in [1.807, 2.05) is 45.0 Å². The Morgan fingerprint density at radius 3 is 2.55 bits per heavy atom. The van der Waals surface area contributed by atoms with Crippen LogP contribution in [0, 0.1) is 11.3 Å². The van der Waals surface area contributed by atoms with E-state index in [0.717, 1.165) is 5.56 Å². The molecule has 3 aliphatic rings. The average molecular weight is 571 g/mol. The van der Waals surface area contributed by atoms with Crippen molar-refractivity contribution >= 4 is 35.1 Å². The first-order valence-electron chi connectivity index (χ1n) is 13.7. The van der Waals surface area contributed by atoms with E-state index >= 15 is 0 Å². The van der Waals surface area contributed by atoms with E-state index in [9.17, 15) is 19.5 Å². The van der Waals surface area contributed by atoms with Gasteiger partial charge in [-0.2, -0.15) is 0 Å². The summed E-state index contributed by atoms with van der Waals surface area (Å²) in [6.45, 7) is 7.99. The maximum Gasteiger partial charge on any atom is 0.308 e. The number of ether oxygens (including phenoxy) is 3. The van der Waals surface area contributed by atoms with Gasteiger partial charge in [0.2, 0.25) is 5.91 Å². The first-order chi connectivity index (χ1) is 19.0. The number of carboxylic acid groups (broad SMARTS) is 1. The maximum atomic E-state index is 14.1. The lowest BCUT2D eigenvalue weighted by Crippen LogP contribution is -2.47. The fourth-order valence-electron chi connectivity index (χ4n) is 5.52. The monoisotopic (exact) mass is 570 g/mol. The third kappa shape index (κ3) is 6.05. The second-order valence-electron chi connectivity index (χ2n) is 11.8. The number of hydrogen-bond acceptors (Lipinski definition) is 6. The topological polar surface area (TPSA) is 106 Å². The highest BCUT2D eigenvalue weighted by Gasteiger charge is 2.40. The minimum absolute atomic E-state index is 0.127. The molecule has 3 aliphatic heterocycles. The molecule has 0 spiro atoms. The second-order valence-corrected chi connectivity index (χ2v) is 12.3. The van der Waals surface area contributed by atoms with Crippen molar-refractivity contribution in [3.63, 3.8) is 0 Å². The van der Waals surface area contributed by atoms with Crippen LogP contribution in [0.5, 0.6) is 11.5 Å². The van der Waals surface area contributed by atoms with Gasteiger partial charge in [0.15, 0.2) is 11.5 Å². The molecular weight excluding hydrogens is 536 g/mol. The molecule has 2 aromatic rings. The second kappa shape index (κ2) is 11.3. The number of aliphatic carboxylic acids is 1. The van der Waals surface area contributed by atoms with Crippen LogP contribution in [-0.4, -0.2) is 66.7 Å². The highest BCUT2D eigenvalue weighted by molar-refractivity contribution is 6.30. The molecule has 1 fully saturated rings. The van der Waals surface area contributed by atoms with Crippen molar-refractivity contribution in [2.24, 2.45) is 11.3 Å². The number of carboxylic acids is 1. The van der Waals surface area contributed by atoms with Crippen molar-refractivity contribution in [1.29, 1.82) is 0 Å². The molecule has 2 aromatic carbocycles. The molecule has 2 amide bonds. The van der Waals surface area contributed by atoms with Gasteiger partial charge in [0, 0.05) is 35.9 Å². The molecule has 0 bridgehead atoms. The molecule has 0 aromatic heterocycles. The van der Waals surface area contributed by atoms with Crippen LogP contribution in [0.4, 0.5) is 5.69 Å². The molecule has 40 heavy (non-hydrogen) atoms. The summed E-state index contributed by atoms with van der Waals surface area (Å²) >= 11 is 6.46. The Kier molecular flexibility index (Phi) is 7.97. The first kappa shape index (κ1) is 28.2. The summed E-state index contributed by atoms with van der Waals surface area (Å²) in [4.78, 5) is 42.4. The predicted molar refractivity (Wildman–Crippen MR) is 149 cm³/mol. The number of anilines is 1. The van der Waals surface area contributed by atoms with Gasteiger partial charge in [-0.3, -0.25) is 14.4 Å². The number of rotatable bonds is 5. The SMILES string of the molecule is CC(C)(C)CN1C(=O)[C@H](CC(=O)N2CCCC(C(=O)O)C2)O[C@@H](c2ccc3c(c2)OCCO3)c2cc(Cl)ccc21. The van der Waals surface area contributed by atoms with Crippen LogP contribution in [0.1, 0.15) is 57.3 Å². The van der Waals surface area contributed by atoms with E-state index in [1.54, 1.807) is 21.9 Å². The smallest absolute Gasteiger partial charge is 0.308 e. The molecule has 5 rings (SSSR count). The summed E-state index contributed by atoms with van der Waals surface area (Å²) in [6.07, 6.45) is -0.884. The summed E-state index contributed by atoms with van der Waals surface area (Å²) in [5.41, 5.74) is 1.86. The Hall–Kier alpha value is -3.30. The molecule has 1 N–H and O–H groups in total. The molecule has 3 heterocycles. The Bertz CT molecular complexity index is 1310. The molecule has 1 saturated heterocycles. The molecule has 214 valence electrons. The van der Waals surface area contributed by atoms with E-state index in [1.165, 1.54) is 0 Å². The third-order valence-electron chi connectivity index (χ3n) is 7.39. The van der Waals surface area contributed by atoms with E-state index < -0.39 is 24.1 Å². The van der Waals surface area contributed by atoms with Gasteiger partial charge >= 0.3 is 5.97 Å². The summed E-state index contributed by atoms with van der Waals surface area (Å²) in [7, 11) is 0. The van der Waals surface area contributed by atoms with Crippen LogP contribution in [-0.2, 0) is 19.1 Å². The summed E-state index contributed by atoms with van der Waals surface area (Å²) in [5, 5.41) is 9.99. The molecule has 9 nitrogen and oxygen atoms in total. The standard InChI is InChI=1S/C30H35ClN2O7/c1-30(2,3)17-33-22-8-7-20(31)14-21(22)27(18-6-9-23-24(13-18)39-12-11-38-23)40-25(28(33)35)15-26(34)32-10-4-5-19(16-32)29(36)37/h6-9,13-14,19,25,27H,4-5,10-12,15-17H2,1-3H3,(H,36,37)/t19?,25-,27-/m0/s1. The number of fused-ring (bicyclic) bond motifs is 2. The van der Waals surface area contributed by atoms with Crippen molar-refractivity contribution in [2.45, 2.75) is 52.2 Å². The quantitative estimate of drug-likeness (QED) is 0.556. The Labute approximate surface area is 238 Å². The third-order valence-corrected chi connectivity index (χ3v) is 7.62. The van der Waals surface area contributed by atoms with Gasteiger partial charge in [0.05, 0.1) is 12.3 Å². The van der Waals surface area contributed by atoms with Gasteiger partial charge in [-0.1, -0.05) is 38.4 Å². The maximum absolute atomic E-state index is 14.1. The molecule has 10 heteroatoms. The number of piperidine rings is 1. The molecule has 0 aliphatic carbocycles. The van der Waals surface area contributed by atoms with Crippen molar-refractivity contribution in [3.05, 3.63) is 52.5 Å². The minimum atomic E-state index is -1.09. The van der Waals surface area contributed by atoms with E-state index in [-0.39, 0.29) is 30.2 Å². The highest BCUT2D eigenvalue weighted by Crippen LogP contribution is 2.43. The predicted octanol–water partition coefficient (Wildman–Crippen LogP) is 4.69. The van der Waals surface area contributed by atoms with Gasteiger partial charge in [-0.05, 0) is 54.2 Å². The molecule has 0 radical (unpaired) electrons. The molecular formula is C30H35ClN2O7. The lowest BCUT2D eigenvalue weighted by Gasteiger charge is -2.33. The van der Waals surface area contributed by atoms with Crippen LogP contribution in [0.3, 0.4) is 0 Å². The van der Waals surface area contributed by atoms with Gasteiger partial charge in [0.25, 0.3) is 5.91 Å². The Balaban J connectivity index is 1.54. The van der Waals surface area contributed by atoms with Crippen LogP contribution in [0.2, 0.25) is 5.02 Å². The zero-order chi connectivity index (χ0) is 28.6. The summed E-state index contributed by atoms with van der Waals surface area (Å²) < 4.78 is 18.1. The Morgan fingerprint density at radius 1 is 1.07 bits per heavy atom. The van der Waals surface area contributed by atoms with Crippen LogP contribution < -0.4 is 14.4 Å². The van der Waals surface area contributed by atoms with Gasteiger partial charge < -0.3 is 29.1 Å². The number of carbonyl (C=O) groups excluding carboxylic acids is 2. The molecule has 0 saturated carbocycles. The summed E-state index contributed by atoms with van der Waals surface area (Å²) in [6, 6.07) is 10.9. The van der Waals surface area contributed by atoms with Crippen molar-refractivity contribution in [2.75, 3.05) is 37.7 Å². The number of halogens is 1. The van der Waals surface area contributed by atoms with Crippen LogP contribution >= 0.6 is 11.6 Å². The van der Waals surface area contributed by atoms with Crippen molar-refractivity contribution in [1.82, 2.24) is 4.90 Å². The lowest BCUT2D eigenvalue weighted by molar-refractivity contribution is -0.148. The molecule has 1 unspecified atom stereocenters. The van der Waals surface area contributed by atoms with Gasteiger partial charge in [0.1, 0.15) is 25.4 Å². The fraction of sp³-hybridized carbons (Fsp3) is 0.500. The van der Waals surface area contributed by atoms with Crippen LogP contribution in [0.25, 0.3) is 0 Å². The van der Waals surface area contributed by atoms with Gasteiger partial charge in [-0.25, -0.2) is 0 Å². The van der Waals surface area contributed by atoms with Crippen molar-refractivity contribution in [3.8, 4) is 11.5 Å². The Morgan fingerprint density at radius 2 is 1.82 bits per heavy atom. The van der Waals surface area contributed by atoms with Crippen molar-refractivity contribution < 1.29 is 33.7 Å². The number of carbonyl (C=O) groups is 3. The minimum Gasteiger partial charge on any atom is -0.486 e. The summed E-state index contributed by atoms with van der Waals surface area (Å²) in [5.74, 6) is -0.938. The average Bonchev–Trinajstić information content (AvgIpc) is 3.02. The first-order valence-corrected chi connectivity index (χ1v) is 14.0. The number of nitrogens with zero attached hydrogens (tertiary/aromatic N) is 2. The number of benzene rings is 2. The number of hydrogen-bond donors (Lipinski definition) is 1. The van der Waals surface area contributed by atoms with Gasteiger partial charge in [-0.15, -0.1) is 0 Å². The van der Waals surface area contributed by atoms with E-state index in [4.69, 9.17) is 25.8 Å². The van der Waals surface area contributed by atoms with Crippen LogP contribution in [0.15, 0.2) is 36.4 Å². The fourth-order valence-corrected chi connectivity index (χ4v) is 5.70. The number of amides is 2. The zero-order valence-corrected chi connectivity index (χ0v) is 23.8. The highest BCUT2D eigenvalue weighted by atomic mass is 35.5. The van der Waals surface area contributed by atoms with E-state index in [2.05, 4.69) is 0 Å². The molecule has 3 atom stereocenters. The van der Waals surface area contributed by atoms with E-state index in [0.29, 0.717) is 66.9 Å². The lowest BCUT2D eigenvalue weighted by atomic mass is 9.94. The zero-order valence-electron chi connectivity index (χ0n) is 23.0. The normalized spacial score (nSPS) is 22.9. The largest absolute Gasteiger partial charge is 0.486 e. The number of likely N-dealkylation sites (tertiary alicyclic amines) is 1.